The molecule has 14 heteroatoms. The topological polar surface area (TPSA) is 222 Å². The number of carbonyl (C=O) groups excluding carboxylic acids is 2. The number of nitrogens with zero attached hydrogens (tertiary/aromatic N) is 4. The summed E-state index contributed by atoms with van der Waals surface area (Å²) in [5, 5.41) is 26.6. The zero-order chi connectivity index (χ0) is 27.7. The molecule has 2 aromatic heterocycles. The van der Waals surface area contributed by atoms with E-state index in [0.29, 0.717) is 22.8 Å². The van der Waals surface area contributed by atoms with E-state index in [2.05, 4.69) is 20.6 Å². The fraction of sp³-hybridized carbons (Fsp3) is 0. The summed E-state index contributed by atoms with van der Waals surface area (Å²) in [6.07, 6.45) is 3.07. The SMILES string of the molecule is Nc1ccc(C(=O)Nc2ccccn2)cc1N.O=C(Nc1ccccn1)c1ccc([N+](=O)[O-])c([N+](=O)[O-])c1. The van der Waals surface area contributed by atoms with Gasteiger partial charge in [0.25, 0.3) is 11.8 Å². The van der Waals surface area contributed by atoms with E-state index >= 15 is 0 Å². The van der Waals surface area contributed by atoms with E-state index in [1.54, 1.807) is 48.7 Å². The molecule has 14 nitrogen and oxygen atoms in total. The van der Waals surface area contributed by atoms with Gasteiger partial charge >= 0.3 is 11.4 Å². The van der Waals surface area contributed by atoms with E-state index in [4.69, 9.17) is 11.5 Å². The van der Waals surface area contributed by atoms with Crippen molar-refractivity contribution >= 4 is 46.2 Å². The van der Waals surface area contributed by atoms with Crippen LogP contribution in [0.25, 0.3) is 0 Å². The standard InChI is InChI=1S/C12H8N4O5.C12H12N4O/c17-12(14-11-3-1-2-6-13-11)8-4-5-9(15(18)19)10(7-8)16(20)21;13-9-5-4-8(7-10(9)14)12(17)16-11-3-1-2-6-15-11/h1-7H,(H,13,14,17);1-7H,13-14H2,(H,15,16,17). The van der Waals surface area contributed by atoms with Gasteiger partial charge < -0.3 is 22.1 Å². The van der Waals surface area contributed by atoms with Gasteiger partial charge in [0, 0.05) is 35.7 Å². The molecule has 0 saturated carbocycles. The molecule has 0 aliphatic heterocycles. The van der Waals surface area contributed by atoms with Gasteiger partial charge in [0.05, 0.1) is 21.2 Å². The van der Waals surface area contributed by atoms with E-state index in [9.17, 15) is 29.8 Å². The first-order chi connectivity index (χ1) is 18.2. The molecule has 0 saturated heterocycles. The van der Waals surface area contributed by atoms with Crippen LogP contribution in [0.3, 0.4) is 0 Å². The lowest BCUT2D eigenvalue weighted by Gasteiger charge is -2.06. The van der Waals surface area contributed by atoms with Crippen molar-refractivity contribution in [3.63, 3.8) is 0 Å². The Morgan fingerprint density at radius 2 is 1.16 bits per heavy atom. The summed E-state index contributed by atoms with van der Waals surface area (Å²) in [5.41, 5.74) is 11.0. The Morgan fingerprint density at radius 1 is 0.658 bits per heavy atom. The van der Waals surface area contributed by atoms with Gasteiger partial charge in [-0.15, -0.1) is 0 Å². The molecule has 0 fully saturated rings. The highest BCUT2D eigenvalue weighted by Gasteiger charge is 2.25. The van der Waals surface area contributed by atoms with Crippen molar-refractivity contribution in [2.45, 2.75) is 0 Å². The Labute approximate surface area is 214 Å². The molecule has 0 bridgehead atoms. The third-order valence-electron chi connectivity index (χ3n) is 4.79. The number of nitrogens with two attached hydrogens (primary N) is 2. The van der Waals surface area contributed by atoms with Crippen LogP contribution in [0.15, 0.2) is 85.2 Å². The van der Waals surface area contributed by atoms with Gasteiger partial charge in [-0.1, -0.05) is 12.1 Å². The monoisotopic (exact) mass is 516 g/mol. The van der Waals surface area contributed by atoms with Crippen LogP contribution in [0.5, 0.6) is 0 Å². The van der Waals surface area contributed by atoms with Crippen molar-refractivity contribution in [3.8, 4) is 0 Å². The first kappa shape index (κ1) is 26.7. The van der Waals surface area contributed by atoms with Crippen molar-refractivity contribution in [1.82, 2.24) is 9.97 Å². The quantitative estimate of drug-likeness (QED) is 0.165. The van der Waals surface area contributed by atoms with Crippen LogP contribution < -0.4 is 22.1 Å². The maximum atomic E-state index is 11.9. The van der Waals surface area contributed by atoms with E-state index in [1.165, 1.54) is 18.3 Å². The normalized spacial score (nSPS) is 9.89. The number of amides is 2. The smallest absolute Gasteiger partial charge is 0.346 e. The van der Waals surface area contributed by atoms with Crippen LogP contribution in [-0.2, 0) is 0 Å². The largest absolute Gasteiger partial charge is 0.397 e. The molecule has 0 radical (unpaired) electrons. The second kappa shape index (κ2) is 12.2. The van der Waals surface area contributed by atoms with Crippen molar-refractivity contribution < 1.29 is 19.4 Å². The second-order valence-corrected chi connectivity index (χ2v) is 7.40. The molecule has 6 N–H and O–H groups in total. The van der Waals surface area contributed by atoms with E-state index in [1.807, 2.05) is 0 Å². The Morgan fingerprint density at radius 3 is 1.61 bits per heavy atom. The molecular weight excluding hydrogens is 496 g/mol. The average Bonchev–Trinajstić information content (AvgIpc) is 2.91. The predicted octanol–water partition coefficient (Wildman–Crippen LogP) is 3.65. The van der Waals surface area contributed by atoms with Crippen molar-refractivity contribution in [2.24, 2.45) is 0 Å². The summed E-state index contributed by atoms with van der Waals surface area (Å²) < 4.78 is 0. The highest BCUT2D eigenvalue weighted by Crippen LogP contribution is 2.27. The van der Waals surface area contributed by atoms with Gasteiger partial charge in [-0.05, 0) is 48.5 Å². The minimum absolute atomic E-state index is 0.0713. The van der Waals surface area contributed by atoms with Crippen molar-refractivity contribution in [1.29, 1.82) is 0 Å². The number of nitrogens with one attached hydrogen (secondary N) is 2. The predicted molar refractivity (Wildman–Crippen MR) is 139 cm³/mol. The molecule has 2 amide bonds. The Bertz CT molecular complexity index is 1480. The molecule has 192 valence electrons. The van der Waals surface area contributed by atoms with E-state index < -0.39 is 27.1 Å². The molecule has 4 aromatic rings. The summed E-state index contributed by atoms with van der Waals surface area (Å²) in [6.45, 7) is 0. The molecule has 0 unspecified atom stereocenters. The maximum absolute atomic E-state index is 11.9. The third-order valence-corrected chi connectivity index (χ3v) is 4.79. The number of aromatic nitrogens is 2. The van der Waals surface area contributed by atoms with Crippen molar-refractivity contribution in [2.75, 3.05) is 22.1 Å². The lowest BCUT2D eigenvalue weighted by Crippen LogP contribution is -2.13. The molecular formula is C24H20N8O6. The Kier molecular flexibility index (Phi) is 8.54. The molecule has 2 heterocycles. The third kappa shape index (κ3) is 7.05. The lowest BCUT2D eigenvalue weighted by atomic mass is 10.1. The van der Waals surface area contributed by atoms with Crippen LogP contribution >= 0.6 is 0 Å². The highest BCUT2D eigenvalue weighted by atomic mass is 16.6. The van der Waals surface area contributed by atoms with Crippen LogP contribution in [-0.4, -0.2) is 31.6 Å². The molecule has 0 atom stereocenters. The number of hydrogen-bond acceptors (Lipinski definition) is 10. The number of rotatable bonds is 6. The Balaban J connectivity index is 0.000000215. The zero-order valence-electron chi connectivity index (χ0n) is 19.5. The summed E-state index contributed by atoms with van der Waals surface area (Å²) in [4.78, 5) is 51.3. The number of carbonyl (C=O) groups is 2. The lowest BCUT2D eigenvalue weighted by molar-refractivity contribution is -0.422. The minimum atomic E-state index is -0.907. The number of hydrogen-bond donors (Lipinski definition) is 4. The summed E-state index contributed by atoms with van der Waals surface area (Å²) in [7, 11) is 0. The Hall–Kier alpha value is -5.92. The van der Waals surface area contributed by atoms with E-state index in [0.717, 1.165) is 18.2 Å². The van der Waals surface area contributed by atoms with Gasteiger partial charge in [-0.3, -0.25) is 29.8 Å². The fourth-order valence-electron chi connectivity index (χ4n) is 2.93. The van der Waals surface area contributed by atoms with Crippen LogP contribution in [0.4, 0.5) is 34.4 Å². The molecule has 4 rings (SSSR count). The van der Waals surface area contributed by atoms with Gasteiger partial charge in [0.15, 0.2) is 0 Å². The summed E-state index contributed by atoms with van der Waals surface area (Å²) in [6, 6.07) is 17.8. The van der Waals surface area contributed by atoms with Gasteiger partial charge in [-0.2, -0.15) is 0 Å². The number of pyridine rings is 2. The van der Waals surface area contributed by atoms with Crippen LogP contribution in [0.1, 0.15) is 20.7 Å². The fourth-order valence-corrected chi connectivity index (χ4v) is 2.93. The first-order valence-corrected chi connectivity index (χ1v) is 10.7. The van der Waals surface area contributed by atoms with Crippen molar-refractivity contribution in [3.05, 3.63) is 117 Å². The molecule has 0 aliphatic rings. The van der Waals surface area contributed by atoms with Crippen LogP contribution in [0, 0.1) is 20.2 Å². The number of anilines is 4. The van der Waals surface area contributed by atoms with Gasteiger partial charge in [0.1, 0.15) is 11.6 Å². The second-order valence-electron chi connectivity index (χ2n) is 7.40. The molecule has 0 aliphatic carbocycles. The van der Waals surface area contributed by atoms with Crippen LogP contribution in [0.2, 0.25) is 0 Å². The minimum Gasteiger partial charge on any atom is -0.397 e. The zero-order valence-corrected chi connectivity index (χ0v) is 19.5. The highest BCUT2D eigenvalue weighted by molar-refractivity contribution is 6.05. The summed E-state index contributed by atoms with van der Waals surface area (Å²) >= 11 is 0. The van der Waals surface area contributed by atoms with Gasteiger partial charge in [0.2, 0.25) is 0 Å². The molecule has 38 heavy (non-hydrogen) atoms. The number of benzene rings is 2. The summed E-state index contributed by atoms with van der Waals surface area (Å²) in [5.74, 6) is -0.154. The van der Waals surface area contributed by atoms with E-state index in [-0.39, 0.29) is 17.3 Å². The van der Waals surface area contributed by atoms with Gasteiger partial charge in [-0.25, -0.2) is 9.97 Å². The first-order valence-electron chi connectivity index (χ1n) is 10.7. The molecule has 2 aromatic carbocycles. The maximum Gasteiger partial charge on any atom is 0.346 e. The number of nitrogen functional groups attached to an aromatic ring is 2. The number of nitro benzene ring substituents is 2. The average molecular weight is 516 g/mol. The molecule has 0 spiro atoms. The number of nitro groups is 2.